The van der Waals surface area contributed by atoms with Crippen LogP contribution < -0.4 is 16.0 Å². The highest BCUT2D eigenvalue weighted by Gasteiger charge is 2.48. The van der Waals surface area contributed by atoms with E-state index < -0.39 is 6.09 Å². The minimum Gasteiger partial charge on any atom is -0.445 e. The minimum absolute atomic E-state index is 0.0206. The lowest BCUT2D eigenvalue weighted by atomic mass is 10.0. The van der Waals surface area contributed by atoms with Crippen LogP contribution in [0.2, 0.25) is 0 Å². The van der Waals surface area contributed by atoms with E-state index in [4.69, 9.17) is 4.74 Å². The minimum atomic E-state index is -0.657. The van der Waals surface area contributed by atoms with Crippen LogP contribution in [0, 0.1) is 11.8 Å². The SMILES string of the molecule is CNC(=O)C1CC1C(NC(=O)CNC(=O)OCc1ccccc1)c1ccccc1. The van der Waals surface area contributed by atoms with Crippen LogP contribution >= 0.6 is 0 Å². The van der Waals surface area contributed by atoms with E-state index in [-0.39, 0.29) is 42.8 Å². The predicted molar refractivity (Wildman–Crippen MR) is 108 cm³/mol. The van der Waals surface area contributed by atoms with Gasteiger partial charge in [0.15, 0.2) is 0 Å². The number of alkyl carbamates (subject to hydrolysis) is 1. The highest BCUT2D eigenvalue weighted by Crippen LogP contribution is 2.47. The summed E-state index contributed by atoms with van der Waals surface area (Å²) in [5.41, 5.74) is 1.80. The molecule has 1 aliphatic carbocycles. The van der Waals surface area contributed by atoms with Crippen molar-refractivity contribution in [2.45, 2.75) is 19.1 Å². The lowest BCUT2D eigenvalue weighted by molar-refractivity contribution is -0.123. The molecule has 29 heavy (non-hydrogen) atoms. The van der Waals surface area contributed by atoms with Gasteiger partial charge in [0.05, 0.1) is 6.04 Å². The predicted octanol–water partition coefficient (Wildman–Crippen LogP) is 2.15. The van der Waals surface area contributed by atoms with Crippen molar-refractivity contribution in [3.8, 4) is 0 Å². The molecule has 0 aliphatic heterocycles. The van der Waals surface area contributed by atoms with Gasteiger partial charge in [-0.1, -0.05) is 60.7 Å². The lowest BCUT2D eigenvalue weighted by Crippen LogP contribution is -2.40. The van der Waals surface area contributed by atoms with Crippen molar-refractivity contribution < 1.29 is 19.1 Å². The smallest absolute Gasteiger partial charge is 0.407 e. The van der Waals surface area contributed by atoms with Crippen LogP contribution in [-0.2, 0) is 20.9 Å². The molecule has 3 rings (SSSR count). The Morgan fingerprint density at radius 2 is 1.69 bits per heavy atom. The molecule has 1 aliphatic rings. The maximum Gasteiger partial charge on any atom is 0.407 e. The standard InChI is InChI=1S/C22H25N3O4/c1-23-21(27)18-12-17(18)20(16-10-6-3-7-11-16)25-19(26)13-24-22(28)29-14-15-8-4-2-5-9-15/h2-11,17-18,20H,12-14H2,1H3,(H,23,27)(H,24,28)(H,25,26). The van der Waals surface area contributed by atoms with E-state index in [1.807, 2.05) is 60.7 Å². The van der Waals surface area contributed by atoms with Gasteiger partial charge in [0.1, 0.15) is 13.2 Å². The summed E-state index contributed by atoms with van der Waals surface area (Å²) < 4.78 is 5.11. The van der Waals surface area contributed by atoms with Crippen molar-refractivity contribution in [1.82, 2.24) is 16.0 Å². The van der Waals surface area contributed by atoms with E-state index >= 15 is 0 Å². The van der Waals surface area contributed by atoms with Crippen LogP contribution in [0.5, 0.6) is 0 Å². The summed E-state index contributed by atoms with van der Waals surface area (Å²) in [5.74, 6) is -0.438. The fourth-order valence-electron chi connectivity index (χ4n) is 3.32. The van der Waals surface area contributed by atoms with Crippen molar-refractivity contribution in [3.63, 3.8) is 0 Å². The van der Waals surface area contributed by atoms with Gasteiger partial charge in [0, 0.05) is 13.0 Å². The van der Waals surface area contributed by atoms with E-state index in [1.54, 1.807) is 7.05 Å². The van der Waals surface area contributed by atoms with Gasteiger partial charge >= 0.3 is 6.09 Å². The summed E-state index contributed by atoms with van der Waals surface area (Å²) in [6, 6.07) is 18.5. The van der Waals surface area contributed by atoms with Crippen LogP contribution in [0.15, 0.2) is 60.7 Å². The van der Waals surface area contributed by atoms with Crippen molar-refractivity contribution in [3.05, 3.63) is 71.8 Å². The first-order valence-corrected chi connectivity index (χ1v) is 9.59. The Kier molecular flexibility index (Phi) is 6.84. The first-order chi connectivity index (χ1) is 14.1. The molecule has 0 saturated heterocycles. The topological polar surface area (TPSA) is 96.5 Å². The molecule has 0 heterocycles. The largest absolute Gasteiger partial charge is 0.445 e. The van der Waals surface area contributed by atoms with Crippen LogP contribution in [0.1, 0.15) is 23.6 Å². The summed E-state index contributed by atoms with van der Waals surface area (Å²) in [6.45, 7) is -0.0644. The third kappa shape index (κ3) is 5.81. The van der Waals surface area contributed by atoms with Gasteiger partial charge in [-0.3, -0.25) is 9.59 Å². The Bertz CT molecular complexity index is 842. The molecule has 7 nitrogen and oxygen atoms in total. The van der Waals surface area contributed by atoms with Crippen LogP contribution in [0.3, 0.4) is 0 Å². The number of rotatable bonds is 8. The number of amides is 3. The average Bonchev–Trinajstić information content (AvgIpc) is 3.56. The first kappa shape index (κ1) is 20.4. The summed E-state index contributed by atoms with van der Waals surface area (Å²) in [5, 5.41) is 8.06. The maximum atomic E-state index is 12.4. The summed E-state index contributed by atoms with van der Waals surface area (Å²) in [4.78, 5) is 36.2. The van der Waals surface area contributed by atoms with E-state index in [1.165, 1.54) is 0 Å². The van der Waals surface area contributed by atoms with E-state index in [0.29, 0.717) is 6.42 Å². The quantitative estimate of drug-likeness (QED) is 0.638. The Morgan fingerprint density at radius 1 is 1.03 bits per heavy atom. The Morgan fingerprint density at radius 3 is 2.34 bits per heavy atom. The van der Waals surface area contributed by atoms with Crippen molar-refractivity contribution in [2.24, 2.45) is 11.8 Å². The summed E-state index contributed by atoms with van der Waals surface area (Å²) in [7, 11) is 1.61. The number of hydrogen-bond acceptors (Lipinski definition) is 4. The number of ether oxygens (including phenoxy) is 1. The molecule has 7 heteroatoms. The average molecular weight is 395 g/mol. The molecule has 3 unspecified atom stereocenters. The van der Waals surface area contributed by atoms with Crippen LogP contribution in [0.4, 0.5) is 4.79 Å². The molecule has 152 valence electrons. The van der Waals surface area contributed by atoms with Crippen molar-refractivity contribution in [2.75, 3.05) is 13.6 Å². The van der Waals surface area contributed by atoms with Crippen molar-refractivity contribution >= 4 is 17.9 Å². The second-order valence-electron chi connectivity index (χ2n) is 6.99. The molecule has 0 radical (unpaired) electrons. The van der Waals surface area contributed by atoms with Gasteiger partial charge in [0.2, 0.25) is 11.8 Å². The number of carbonyl (C=O) groups excluding carboxylic acids is 3. The molecule has 1 fully saturated rings. The number of benzene rings is 2. The maximum absolute atomic E-state index is 12.4. The molecule has 3 atom stereocenters. The van der Waals surface area contributed by atoms with Gasteiger partial charge in [-0.05, 0) is 23.5 Å². The normalized spacial score (nSPS) is 18.2. The molecular formula is C22H25N3O4. The van der Waals surface area contributed by atoms with Crippen LogP contribution in [-0.4, -0.2) is 31.5 Å². The van der Waals surface area contributed by atoms with E-state index in [9.17, 15) is 14.4 Å². The molecule has 2 aromatic carbocycles. The fourth-order valence-corrected chi connectivity index (χ4v) is 3.32. The molecule has 0 aromatic heterocycles. The summed E-state index contributed by atoms with van der Waals surface area (Å²) >= 11 is 0. The molecule has 2 aromatic rings. The second-order valence-corrected chi connectivity index (χ2v) is 6.99. The summed E-state index contributed by atoms with van der Waals surface area (Å²) in [6.07, 6.45) is 0.0569. The molecule has 3 N–H and O–H groups in total. The highest BCUT2D eigenvalue weighted by atomic mass is 16.5. The van der Waals surface area contributed by atoms with Gasteiger partial charge in [-0.2, -0.15) is 0 Å². The highest BCUT2D eigenvalue weighted by molar-refractivity contribution is 5.84. The molecule has 0 spiro atoms. The number of carbonyl (C=O) groups is 3. The number of nitrogens with one attached hydrogen (secondary N) is 3. The van der Waals surface area contributed by atoms with Gasteiger partial charge in [-0.25, -0.2) is 4.79 Å². The second kappa shape index (κ2) is 9.73. The molecular weight excluding hydrogens is 370 g/mol. The molecule has 0 bridgehead atoms. The molecule has 1 saturated carbocycles. The first-order valence-electron chi connectivity index (χ1n) is 9.59. The van der Waals surface area contributed by atoms with Gasteiger partial charge in [0.25, 0.3) is 0 Å². The monoisotopic (exact) mass is 395 g/mol. The zero-order valence-electron chi connectivity index (χ0n) is 16.3. The Labute approximate surface area is 169 Å². The van der Waals surface area contributed by atoms with Gasteiger partial charge < -0.3 is 20.7 Å². The zero-order valence-corrected chi connectivity index (χ0v) is 16.3. The third-order valence-corrected chi connectivity index (χ3v) is 4.93. The van der Waals surface area contributed by atoms with E-state index in [0.717, 1.165) is 11.1 Å². The molecule has 3 amide bonds. The van der Waals surface area contributed by atoms with E-state index in [2.05, 4.69) is 16.0 Å². The lowest BCUT2D eigenvalue weighted by Gasteiger charge is -2.20. The fraction of sp³-hybridized carbons (Fsp3) is 0.318. The van der Waals surface area contributed by atoms with Crippen molar-refractivity contribution in [1.29, 1.82) is 0 Å². The van der Waals surface area contributed by atoms with Crippen LogP contribution in [0.25, 0.3) is 0 Å². The van der Waals surface area contributed by atoms with Gasteiger partial charge in [-0.15, -0.1) is 0 Å². The number of hydrogen-bond donors (Lipinski definition) is 3. The third-order valence-electron chi connectivity index (χ3n) is 4.93. The Balaban J connectivity index is 1.51. The Hall–Kier alpha value is -3.35. The zero-order chi connectivity index (χ0) is 20.6.